The Bertz CT molecular complexity index is 819. The van der Waals surface area contributed by atoms with Gasteiger partial charge in [0.15, 0.2) is 6.10 Å². The molecule has 0 aliphatic heterocycles. The lowest BCUT2D eigenvalue weighted by molar-refractivity contribution is -0.870. The van der Waals surface area contributed by atoms with Crippen LogP contribution in [0.25, 0.3) is 0 Å². The molecule has 0 amide bonds. The van der Waals surface area contributed by atoms with Crippen molar-refractivity contribution >= 4 is 19.8 Å². The normalized spacial score (nSPS) is 13.7. The summed E-state index contributed by atoms with van der Waals surface area (Å²) in [5.41, 5.74) is 0. The maximum atomic E-state index is 12.6. The molecule has 0 saturated heterocycles. The Kier molecular flexibility index (Phi) is 32.2. The van der Waals surface area contributed by atoms with Crippen LogP contribution in [0, 0.1) is 0 Å². The molecule has 0 fully saturated rings. The van der Waals surface area contributed by atoms with E-state index in [1.54, 1.807) is 0 Å². The van der Waals surface area contributed by atoms with Crippen molar-refractivity contribution in [3.05, 3.63) is 0 Å². The fraction of sp³-hybridized carbons (Fsp3) is 0.949. The summed E-state index contributed by atoms with van der Waals surface area (Å²) in [5.74, 6) is -0.793. The Morgan fingerprint density at radius 1 is 0.551 bits per heavy atom. The van der Waals surface area contributed by atoms with E-state index in [-0.39, 0.29) is 25.6 Å². The summed E-state index contributed by atoms with van der Waals surface area (Å²) in [6.45, 7) is 4.41. The van der Waals surface area contributed by atoms with Gasteiger partial charge in [0.2, 0.25) is 0 Å². The van der Waals surface area contributed by atoms with Crippen molar-refractivity contribution < 1.29 is 42.1 Å². The van der Waals surface area contributed by atoms with Gasteiger partial charge >= 0.3 is 19.8 Å². The summed E-state index contributed by atoms with van der Waals surface area (Å²) in [5, 5.41) is 0. The van der Waals surface area contributed by atoms with Crippen LogP contribution in [0.4, 0.5) is 0 Å². The summed E-state index contributed by atoms with van der Waals surface area (Å²) in [6.07, 6.45) is 30.1. The highest BCUT2D eigenvalue weighted by Gasteiger charge is 2.27. The minimum atomic E-state index is -4.36. The molecule has 1 N–H and O–H groups in total. The van der Waals surface area contributed by atoms with E-state index in [0.717, 1.165) is 38.5 Å². The fourth-order valence-electron chi connectivity index (χ4n) is 5.66. The van der Waals surface area contributed by atoms with Crippen molar-refractivity contribution in [2.45, 2.75) is 193 Å². The first kappa shape index (κ1) is 48.0. The van der Waals surface area contributed by atoms with Crippen LogP contribution >= 0.6 is 7.82 Å². The van der Waals surface area contributed by atoms with Crippen molar-refractivity contribution in [1.29, 1.82) is 0 Å². The second kappa shape index (κ2) is 32.9. The highest BCUT2D eigenvalue weighted by molar-refractivity contribution is 7.47. The molecule has 0 radical (unpaired) electrons. The monoisotopic (exact) mass is 721 g/mol. The van der Waals surface area contributed by atoms with Gasteiger partial charge in [-0.25, -0.2) is 4.57 Å². The molecule has 2 unspecified atom stereocenters. The van der Waals surface area contributed by atoms with Gasteiger partial charge in [0.1, 0.15) is 19.8 Å². The van der Waals surface area contributed by atoms with E-state index in [4.69, 9.17) is 18.5 Å². The fourth-order valence-corrected chi connectivity index (χ4v) is 6.40. The third-order valence-corrected chi connectivity index (χ3v) is 9.87. The largest absolute Gasteiger partial charge is 0.472 e. The summed E-state index contributed by atoms with van der Waals surface area (Å²) in [4.78, 5) is 35.1. The van der Waals surface area contributed by atoms with Gasteiger partial charge in [0.05, 0.1) is 27.7 Å². The molecule has 292 valence electrons. The molecule has 2 atom stereocenters. The zero-order valence-corrected chi connectivity index (χ0v) is 33.6. The zero-order chi connectivity index (χ0) is 36.5. The summed E-state index contributed by atoms with van der Waals surface area (Å²) >= 11 is 0. The number of likely N-dealkylation sites (N-methyl/N-ethyl adjacent to an activating group) is 1. The highest BCUT2D eigenvalue weighted by Crippen LogP contribution is 2.43. The number of nitrogens with zero attached hydrogens (tertiary/aromatic N) is 1. The summed E-state index contributed by atoms with van der Waals surface area (Å²) in [7, 11) is 1.49. The van der Waals surface area contributed by atoms with Gasteiger partial charge in [0, 0.05) is 12.8 Å². The lowest BCUT2D eigenvalue weighted by Crippen LogP contribution is -2.37. The van der Waals surface area contributed by atoms with E-state index in [0.29, 0.717) is 17.4 Å². The third kappa shape index (κ3) is 36.6. The van der Waals surface area contributed by atoms with Gasteiger partial charge in [-0.15, -0.1) is 0 Å². The Labute approximate surface area is 302 Å². The highest BCUT2D eigenvalue weighted by atomic mass is 31.2. The molecule has 0 spiro atoms. The minimum absolute atomic E-state index is 0.0363. The van der Waals surface area contributed by atoms with E-state index >= 15 is 0 Å². The van der Waals surface area contributed by atoms with Gasteiger partial charge in [-0.3, -0.25) is 18.6 Å². The number of carbonyl (C=O) groups excluding carboxylic acids is 2. The second-order valence-electron chi connectivity index (χ2n) is 15.0. The van der Waals surface area contributed by atoms with Crippen LogP contribution in [-0.2, 0) is 32.7 Å². The zero-order valence-electron chi connectivity index (χ0n) is 32.7. The van der Waals surface area contributed by atoms with Gasteiger partial charge in [-0.1, -0.05) is 162 Å². The number of carbonyl (C=O) groups is 2. The van der Waals surface area contributed by atoms with Crippen molar-refractivity contribution in [3.63, 3.8) is 0 Å². The summed E-state index contributed by atoms with van der Waals surface area (Å²) in [6, 6.07) is 0. The number of phosphoric ester groups is 1. The second-order valence-corrected chi connectivity index (χ2v) is 16.5. The number of hydrogen-bond acceptors (Lipinski definition) is 7. The number of hydrogen-bond donors (Lipinski definition) is 1. The lowest BCUT2D eigenvalue weighted by Gasteiger charge is -2.24. The van der Waals surface area contributed by atoms with Crippen LogP contribution in [0.3, 0.4) is 0 Å². The number of ether oxygens (including phenoxy) is 2. The molecule has 10 heteroatoms. The quantitative estimate of drug-likeness (QED) is 0.0292. The Hall–Kier alpha value is -0.990. The van der Waals surface area contributed by atoms with Crippen molar-refractivity contribution in [3.8, 4) is 0 Å². The Balaban J connectivity index is 4.29. The van der Waals surface area contributed by atoms with E-state index in [9.17, 15) is 19.0 Å². The average Bonchev–Trinajstić information content (AvgIpc) is 3.04. The molecule has 0 aromatic rings. The smallest absolute Gasteiger partial charge is 0.462 e. The molecule has 0 aromatic heterocycles. The topological polar surface area (TPSA) is 108 Å². The Morgan fingerprint density at radius 2 is 0.918 bits per heavy atom. The molecule has 0 rings (SSSR count). The maximum Gasteiger partial charge on any atom is 0.472 e. The predicted octanol–water partition coefficient (Wildman–Crippen LogP) is 10.9. The molecule has 0 saturated carbocycles. The van der Waals surface area contributed by atoms with Crippen molar-refractivity contribution in [2.24, 2.45) is 0 Å². The van der Waals surface area contributed by atoms with Gasteiger partial charge in [-0.05, 0) is 12.8 Å². The Morgan fingerprint density at radius 3 is 1.31 bits per heavy atom. The molecule has 0 heterocycles. The number of phosphoric acid groups is 1. The van der Waals surface area contributed by atoms with Crippen molar-refractivity contribution in [1.82, 2.24) is 0 Å². The average molecular weight is 721 g/mol. The molecule has 0 aliphatic rings. The molecule has 9 nitrogen and oxygen atoms in total. The standard InChI is InChI=1S/C39H78NO8P/c1-6-8-10-12-14-16-17-18-19-20-21-22-23-24-26-28-30-32-39(42)48-37(36-47-49(43,44)46-34-33-40(3,4)5)35-45-38(41)31-29-27-25-15-13-11-9-7-2/h37H,6-36H2,1-5H3/p+1. The van der Waals surface area contributed by atoms with Crippen LogP contribution in [0.5, 0.6) is 0 Å². The SMILES string of the molecule is CCCCCCCCCCCCCCCCCCCC(=O)OC(COC(=O)CCCCCCCCCC)COP(=O)(O)OCC[N+](C)(C)C. The van der Waals surface area contributed by atoms with Gasteiger partial charge < -0.3 is 18.9 Å². The number of esters is 2. The molecule has 0 aromatic carbocycles. The molecule has 49 heavy (non-hydrogen) atoms. The van der Waals surface area contributed by atoms with Crippen molar-refractivity contribution in [2.75, 3.05) is 47.5 Å². The third-order valence-electron chi connectivity index (χ3n) is 8.89. The van der Waals surface area contributed by atoms with Crippen LogP contribution < -0.4 is 0 Å². The first-order valence-corrected chi connectivity index (χ1v) is 21.8. The molecular weight excluding hydrogens is 641 g/mol. The summed E-state index contributed by atoms with van der Waals surface area (Å²) < 4.78 is 34.1. The van der Waals surface area contributed by atoms with E-state index < -0.39 is 26.5 Å². The minimum Gasteiger partial charge on any atom is -0.462 e. The maximum absolute atomic E-state index is 12.6. The lowest BCUT2D eigenvalue weighted by atomic mass is 10.0. The predicted molar refractivity (Wildman–Crippen MR) is 201 cm³/mol. The molecule has 0 aliphatic carbocycles. The van der Waals surface area contributed by atoms with Crippen LogP contribution in [0.2, 0.25) is 0 Å². The van der Waals surface area contributed by atoms with E-state index in [1.807, 2.05) is 21.1 Å². The van der Waals surface area contributed by atoms with Crippen LogP contribution in [0.15, 0.2) is 0 Å². The van der Waals surface area contributed by atoms with Gasteiger partial charge in [0.25, 0.3) is 0 Å². The number of unbranched alkanes of at least 4 members (excludes halogenated alkanes) is 23. The van der Waals surface area contributed by atoms with Gasteiger partial charge in [-0.2, -0.15) is 0 Å². The number of rotatable bonds is 37. The first-order chi connectivity index (χ1) is 23.5. The number of quaternary nitrogens is 1. The van der Waals surface area contributed by atoms with E-state index in [2.05, 4.69) is 13.8 Å². The first-order valence-electron chi connectivity index (χ1n) is 20.3. The molecular formula is C39H79NO8P+. The van der Waals surface area contributed by atoms with E-state index in [1.165, 1.54) is 122 Å². The molecule has 0 bridgehead atoms. The van der Waals surface area contributed by atoms with Crippen LogP contribution in [-0.4, -0.2) is 74.9 Å². The van der Waals surface area contributed by atoms with Crippen LogP contribution in [0.1, 0.15) is 187 Å².